The van der Waals surface area contributed by atoms with Gasteiger partial charge in [0, 0.05) is 0 Å². The van der Waals surface area contributed by atoms with Gasteiger partial charge in [0.25, 0.3) is 0 Å². The fourth-order valence-electron chi connectivity index (χ4n) is 5.94. The molecule has 0 bridgehead atoms. The SMILES string of the molecule is [CH2]CCCCCCCCCCCCC(CCCCCCCCCCC)CCCCCCCCCCC. The normalized spacial score (nSPS) is 11.7. The van der Waals surface area contributed by atoms with Crippen molar-refractivity contribution in [1.29, 1.82) is 0 Å². The summed E-state index contributed by atoms with van der Waals surface area (Å²) in [5.74, 6) is 1.03. The summed E-state index contributed by atoms with van der Waals surface area (Å²) in [5, 5.41) is 0. The standard InChI is InChI=1S/C36H73/c1-4-7-10-13-16-19-20-23-26-29-32-35-36(33-30-27-24-21-17-14-11-8-5-2)34-31-28-25-22-18-15-12-9-6-3/h36H,1,4-35H2,2-3H3. The monoisotopic (exact) mass is 506 g/mol. The molecule has 0 aromatic carbocycles. The Balaban J connectivity index is 3.85. The molecule has 0 nitrogen and oxygen atoms in total. The van der Waals surface area contributed by atoms with Crippen LogP contribution in [0.25, 0.3) is 0 Å². The average Bonchev–Trinajstić information content (AvgIpc) is 2.89. The van der Waals surface area contributed by atoms with Crippen molar-refractivity contribution in [3.63, 3.8) is 0 Å². The Morgan fingerprint density at radius 2 is 0.528 bits per heavy atom. The zero-order valence-electron chi connectivity index (χ0n) is 25.9. The zero-order chi connectivity index (χ0) is 26.2. The smallest absolute Gasteiger partial charge is 0.0414 e. The van der Waals surface area contributed by atoms with Gasteiger partial charge in [-0.25, -0.2) is 0 Å². The molecular weight excluding hydrogens is 432 g/mol. The van der Waals surface area contributed by atoms with Gasteiger partial charge in [0.1, 0.15) is 0 Å². The average molecular weight is 506 g/mol. The summed E-state index contributed by atoms with van der Waals surface area (Å²) < 4.78 is 0. The first-order valence-corrected chi connectivity index (χ1v) is 17.6. The molecule has 0 aliphatic carbocycles. The van der Waals surface area contributed by atoms with Crippen LogP contribution in [-0.2, 0) is 0 Å². The van der Waals surface area contributed by atoms with Gasteiger partial charge in [-0.2, -0.15) is 0 Å². The van der Waals surface area contributed by atoms with Crippen molar-refractivity contribution >= 4 is 0 Å². The van der Waals surface area contributed by atoms with Gasteiger partial charge in [-0.05, 0) is 5.92 Å². The molecule has 0 rings (SSSR count). The zero-order valence-corrected chi connectivity index (χ0v) is 25.9. The summed E-state index contributed by atoms with van der Waals surface area (Å²) in [6.07, 6.45) is 46.7. The Hall–Kier alpha value is 0. The van der Waals surface area contributed by atoms with Crippen LogP contribution in [0.1, 0.15) is 219 Å². The van der Waals surface area contributed by atoms with E-state index in [4.69, 9.17) is 0 Å². The third-order valence-corrected chi connectivity index (χ3v) is 8.54. The van der Waals surface area contributed by atoms with E-state index in [0.29, 0.717) is 0 Å². The maximum Gasteiger partial charge on any atom is -0.0414 e. The van der Waals surface area contributed by atoms with Gasteiger partial charge >= 0.3 is 0 Å². The predicted octanol–water partition coefficient (Wildman–Crippen LogP) is 14.0. The highest BCUT2D eigenvalue weighted by Gasteiger charge is 2.09. The Kier molecular flexibility index (Phi) is 33.0. The molecule has 0 saturated heterocycles. The molecule has 217 valence electrons. The fourth-order valence-corrected chi connectivity index (χ4v) is 5.94. The first-order valence-electron chi connectivity index (χ1n) is 17.6. The van der Waals surface area contributed by atoms with Crippen molar-refractivity contribution in [1.82, 2.24) is 0 Å². The van der Waals surface area contributed by atoms with Crippen molar-refractivity contribution in [2.75, 3.05) is 0 Å². The molecule has 36 heavy (non-hydrogen) atoms. The minimum absolute atomic E-state index is 1.03. The molecule has 0 atom stereocenters. The highest BCUT2D eigenvalue weighted by atomic mass is 14.1. The second-order valence-electron chi connectivity index (χ2n) is 12.3. The van der Waals surface area contributed by atoms with Crippen LogP contribution in [0.15, 0.2) is 0 Å². The third kappa shape index (κ3) is 30.2. The molecule has 0 heteroatoms. The Labute approximate surface area is 232 Å². The second-order valence-corrected chi connectivity index (χ2v) is 12.3. The van der Waals surface area contributed by atoms with Crippen LogP contribution in [0.2, 0.25) is 0 Å². The molecular formula is C36H73. The molecule has 0 heterocycles. The topological polar surface area (TPSA) is 0 Å². The lowest BCUT2D eigenvalue weighted by molar-refractivity contribution is 0.365. The highest BCUT2D eigenvalue weighted by Crippen LogP contribution is 2.25. The molecule has 1 radical (unpaired) electrons. The predicted molar refractivity (Wildman–Crippen MR) is 168 cm³/mol. The highest BCUT2D eigenvalue weighted by molar-refractivity contribution is 4.62. The molecule has 0 N–H and O–H groups in total. The first-order chi connectivity index (χ1) is 17.8. The molecule has 0 fully saturated rings. The summed E-state index contributed by atoms with van der Waals surface area (Å²) in [7, 11) is 0. The van der Waals surface area contributed by atoms with Gasteiger partial charge in [0.2, 0.25) is 0 Å². The Morgan fingerprint density at radius 3 is 0.778 bits per heavy atom. The van der Waals surface area contributed by atoms with E-state index in [0.717, 1.165) is 12.3 Å². The van der Waals surface area contributed by atoms with Gasteiger partial charge in [0.05, 0.1) is 0 Å². The van der Waals surface area contributed by atoms with Gasteiger partial charge in [-0.3, -0.25) is 0 Å². The molecule has 0 unspecified atom stereocenters. The van der Waals surface area contributed by atoms with E-state index in [9.17, 15) is 0 Å². The number of hydrogen-bond donors (Lipinski definition) is 0. The van der Waals surface area contributed by atoms with E-state index in [1.165, 1.54) is 199 Å². The lowest BCUT2D eigenvalue weighted by atomic mass is 9.89. The van der Waals surface area contributed by atoms with Crippen molar-refractivity contribution in [2.45, 2.75) is 219 Å². The minimum atomic E-state index is 1.03. The third-order valence-electron chi connectivity index (χ3n) is 8.54. The molecule has 0 amide bonds. The Morgan fingerprint density at radius 1 is 0.306 bits per heavy atom. The first kappa shape index (κ1) is 36.0. The summed E-state index contributed by atoms with van der Waals surface area (Å²) >= 11 is 0. The van der Waals surface area contributed by atoms with Crippen LogP contribution in [0.5, 0.6) is 0 Å². The molecule has 0 aliphatic rings. The number of unbranched alkanes of at least 4 members (excludes halogenated alkanes) is 26. The number of hydrogen-bond acceptors (Lipinski definition) is 0. The van der Waals surface area contributed by atoms with Gasteiger partial charge < -0.3 is 0 Å². The van der Waals surface area contributed by atoms with Crippen LogP contribution >= 0.6 is 0 Å². The van der Waals surface area contributed by atoms with Crippen molar-refractivity contribution < 1.29 is 0 Å². The maximum atomic E-state index is 3.95. The summed E-state index contributed by atoms with van der Waals surface area (Å²) in [6, 6.07) is 0. The second kappa shape index (κ2) is 33.0. The molecule has 0 aromatic rings. The summed E-state index contributed by atoms with van der Waals surface area (Å²) in [4.78, 5) is 0. The largest absolute Gasteiger partial charge is 0.0654 e. The van der Waals surface area contributed by atoms with Crippen molar-refractivity contribution in [3.8, 4) is 0 Å². The summed E-state index contributed by atoms with van der Waals surface area (Å²) in [5.41, 5.74) is 0. The van der Waals surface area contributed by atoms with Crippen LogP contribution in [-0.4, -0.2) is 0 Å². The molecule has 0 spiro atoms. The van der Waals surface area contributed by atoms with E-state index in [1.807, 2.05) is 0 Å². The van der Waals surface area contributed by atoms with Crippen molar-refractivity contribution in [3.05, 3.63) is 6.92 Å². The van der Waals surface area contributed by atoms with Crippen LogP contribution in [0.4, 0.5) is 0 Å². The van der Waals surface area contributed by atoms with Gasteiger partial charge in [0.15, 0.2) is 0 Å². The van der Waals surface area contributed by atoms with E-state index < -0.39 is 0 Å². The summed E-state index contributed by atoms with van der Waals surface area (Å²) in [6.45, 7) is 8.59. The Bertz CT molecular complexity index is 337. The minimum Gasteiger partial charge on any atom is -0.0654 e. The van der Waals surface area contributed by atoms with E-state index in [-0.39, 0.29) is 0 Å². The molecule has 0 aliphatic heterocycles. The van der Waals surface area contributed by atoms with Crippen LogP contribution in [0.3, 0.4) is 0 Å². The lowest BCUT2D eigenvalue weighted by Gasteiger charge is -2.17. The van der Waals surface area contributed by atoms with E-state index in [1.54, 1.807) is 0 Å². The van der Waals surface area contributed by atoms with Gasteiger partial charge in [-0.15, -0.1) is 0 Å². The maximum absolute atomic E-state index is 3.95. The number of rotatable bonds is 32. The molecule has 0 saturated carbocycles. The fraction of sp³-hybridized carbons (Fsp3) is 0.972. The quantitative estimate of drug-likeness (QED) is 0.0797. The lowest BCUT2D eigenvalue weighted by Crippen LogP contribution is -2.01. The van der Waals surface area contributed by atoms with E-state index in [2.05, 4.69) is 20.8 Å². The van der Waals surface area contributed by atoms with Gasteiger partial charge in [-0.1, -0.05) is 226 Å². The van der Waals surface area contributed by atoms with Crippen molar-refractivity contribution in [2.24, 2.45) is 5.92 Å². The molecule has 0 aromatic heterocycles. The van der Waals surface area contributed by atoms with Crippen LogP contribution < -0.4 is 0 Å². The van der Waals surface area contributed by atoms with Crippen LogP contribution in [0, 0.1) is 12.8 Å². The van der Waals surface area contributed by atoms with E-state index >= 15 is 0 Å².